The van der Waals surface area contributed by atoms with Gasteiger partial charge in [0.25, 0.3) is 0 Å². The fourth-order valence-electron chi connectivity index (χ4n) is 4.16. The number of nitrogens with one attached hydrogen (secondary N) is 2. The van der Waals surface area contributed by atoms with E-state index in [0.29, 0.717) is 17.0 Å². The average Bonchev–Trinajstić information content (AvgIpc) is 3.46. The zero-order chi connectivity index (χ0) is 28.5. The van der Waals surface area contributed by atoms with Crippen LogP contribution in [0.3, 0.4) is 0 Å². The first-order valence-electron chi connectivity index (χ1n) is 12.8. The molecule has 0 unspecified atom stereocenters. The van der Waals surface area contributed by atoms with Gasteiger partial charge in [-0.1, -0.05) is 60.2 Å². The van der Waals surface area contributed by atoms with E-state index in [1.807, 2.05) is 38.1 Å². The van der Waals surface area contributed by atoms with Crippen LogP contribution in [-0.2, 0) is 27.5 Å². The second kappa shape index (κ2) is 13.2. The number of amides is 3. The van der Waals surface area contributed by atoms with Gasteiger partial charge in [0.1, 0.15) is 17.6 Å². The lowest BCUT2D eigenvalue weighted by Gasteiger charge is -2.31. The van der Waals surface area contributed by atoms with Crippen molar-refractivity contribution in [3.05, 3.63) is 137 Å². The van der Waals surface area contributed by atoms with Gasteiger partial charge in [0.05, 0.1) is 19.4 Å². The lowest BCUT2D eigenvalue weighted by Crippen LogP contribution is -2.43. The third kappa shape index (κ3) is 7.54. The van der Waals surface area contributed by atoms with Crippen molar-refractivity contribution in [3.8, 4) is 0 Å². The molecule has 3 amide bonds. The minimum atomic E-state index is -1.12. The molecule has 4 rings (SSSR count). The van der Waals surface area contributed by atoms with Gasteiger partial charge in [0.15, 0.2) is 0 Å². The third-order valence-electron chi connectivity index (χ3n) is 6.21. The number of hydrogen-bond acceptors (Lipinski definition) is 4. The minimum Gasteiger partial charge on any atom is -0.467 e. The molecule has 1 atom stereocenters. The molecule has 0 aliphatic rings. The molecule has 40 heavy (non-hydrogen) atoms. The Morgan fingerprint density at radius 3 is 2.38 bits per heavy atom. The van der Waals surface area contributed by atoms with Crippen LogP contribution in [0.4, 0.5) is 10.1 Å². The van der Waals surface area contributed by atoms with Gasteiger partial charge in [0.2, 0.25) is 17.7 Å². The molecule has 0 fully saturated rings. The molecule has 0 aliphatic heterocycles. The van der Waals surface area contributed by atoms with E-state index in [-0.39, 0.29) is 18.7 Å². The number of carbonyl (C=O) groups excluding carboxylic acids is 3. The summed E-state index contributed by atoms with van der Waals surface area (Å²) in [5.74, 6) is -1.61. The number of benzene rings is 3. The van der Waals surface area contributed by atoms with E-state index in [0.717, 1.165) is 23.3 Å². The first-order valence-corrected chi connectivity index (χ1v) is 12.8. The minimum absolute atomic E-state index is 0.102. The van der Waals surface area contributed by atoms with E-state index in [1.54, 1.807) is 54.6 Å². The molecule has 3 aromatic carbocycles. The van der Waals surface area contributed by atoms with Crippen LogP contribution in [-0.4, -0.2) is 22.6 Å². The van der Waals surface area contributed by atoms with Gasteiger partial charge in [0, 0.05) is 23.4 Å². The van der Waals surface area contributed by atoms with Crippen LogP contribution < -0.4 is 10.6 Å². The molecule has 8 heteroatoms. The molecule has 7 nitrogen and oxygen atoms in total. The SMILES string of the molecule is Cc1ccc([C@@H](C(=O)NCc2ccco2)N(Cc2ccccc2F)C(=O)/C=C\C(=O)Nc2cccc(C)c2)cc1. The maximum Gasteiger partial charge on any atom is 0.248 e. The summed E-state index contributed by atoms with van der Waals surface area (Å²) in [6, 6.07) is 22.8. The number of halogens is 1. The maximum atomic E-state index is 14.7. The Hall–Kier alpha value is -4.98. The van der Waals surface area contributed by atoms with Gasteiger partial charge in [-0.2, -0.15) is 0 Å². The highest BCUT2D eigenvalue weighted by Crippen LogP contribution is 2.26. The topological polar surface area (TPSA) is 91.7 Å². The predicted molar refractivity (Wildman–Crippen MR) is 150 cm³/mol. The van der Waals surface area contributed by atoms with Crippen LogP contribution in [0.5, 0.6) is 0 Å². The molecule has 0 bridgehead atoms. The molecule has 0 spiro atoms. The molecule has 1 aromatic heterocycles. The fourth-order valence-corrected chi connectivity index (χ4v) is 4.16. The molecule has 4 aromatic rings. The number of hydrogen-bond donors (Lipinski definition) is 2. The molecule has 0 aliphatic carbocycles. The van der Waals surface area contributed by atoms with Gasteiger partial charge in [-0.15, -0.1) is 0 Å². The van der Waals surface area contributed by atoms with Gasteiger partial charge >= 0.3 is 0 Å². The van der Waals surface area contributed by atoms with Crippen molar-refractivity contribution in [2.24, 2.45) is 0 Å². The van der Waals surface area contributed by atoms with Crippen LogP contribution in [0.25, 0.3) is 0 Å². The molecule has 2 N–H and O–H groups in total. The van der Waals surface area contributed by atoms with E-state index in [4.69, 9.17) is 4.42 Å². The van der Waals surface area contributed by atoms with Gasteiger partial charge in [-0.05, 0) is 55.3 Å². The van der Waals surface area contributed by atoms with Gasteiger partial charge in [-0.25, -0.2) is 4.39 Å². The van der Waals surface area contributed by atoms with E-state index in [1.165, 1.54) is 17.2 Å². The van der Waals surface area contributed by atoms with Crippen LogP contribution in [0, 0.1) is 19.7 Å². The molecule has 0 radical (unpaired) electrons. The summed E-state index contributed by atoms with van der Waals surface area (Å²) >= 11 is 0. The van der Waals surface area contributed by atoms with E-state index >= 15 is 0 Å². The molecular weight excluding hydrogens is 509 g/mol. The fraction of sp³-hybridized carbons (Fsp3) is 0.156. The second-order valence-corrected chi connectivity index (χ2v) is 9.36. The largest absolute Gasteiger partial charge is 0.467 e. The van der Waals surface area contributed by atoms with Crippen LogP contribution in [0.15, 0.2) is 108 Å². The molecule has 1 heterocycles. The van der Waals surface area contributed by atoms with E-state index < -0.39 is 29.6 Å². The number of aryl methyl sites for hydroxylation is 2. The summed E-state index contributed by atoms with van der Waals surface area (Å²) in [5.41, 5.74) is 3.28. The Morgan fingerprint density at radius 1 is 0.900 bits per heavy atom. The molecular formula is C32H30FN3O4. The van der Waals surface area contributed by atoms with E-state index in [9.17, 15) is 18.8 Å². The number of carbonyl (C=O) groups is 3. The summed E-state index contributed by atoms with van der Waals surface area (Å²) in [4.78, 5) is 41.1. The maximum absolute atomic E-state index is 14.7. The summed E-state index contributed by atoms with van der Waals surface area (Å²) in [6.45, 7) is 3.71. The van der Waals surface area contributed by atoms with Crippen molar-refractivity contribution in [1.82, 2.24) is 10.2 Å². The summed E-state index contributed by atoms with van der Waals surface area (Å²) in [7, 11) is 0. The van der Waals surface area contributed by atoms with Crippen molar-refractivity contribution in [2.75, 3.05) is 5.32 Å². The van der Waals surface area contributed by atoms with Gasteiger partial charge < -0.3 is 20.0 Å². The molecule has 0 saturated heterocycles. The lowest BCUT2D eigenvalue weighted by molar-refractivity contribution is -0.138. The van der Waals surface area contributed by atoms with Crippen molar-refractivity contribution in [1.29, 1.82) is 0 Å². The van der Waals surface area contributed by atoms with Gasteiger partial charge in [-0.3, -0.25) is 14.4 Å². The number of nitrogens with zero attached hydrogens (tertiary/aromatic N) is 1. The van der Waals surface area contributed by atoms with E-state index in [2.05, 4.69) is 10.6 Å². The van der Waals surface area contributed by atoms with Crippen LogP contribution in [0.1, 0.15) is 34.1 Å². The highest BCUT2D eigenvalue weighted by Gasteiger charge is 2.31. The number of rotatable bonds is 10. The normalized spacial score (nSPS) is 11.7. The predicted octanol–water partition coefficient (Wildman–Crippen LogP) is 5.62. The monoisotopic (exact) mass is 539 g/mol. The Morgan fingerprint density at radius 2 is 1.68 bits per heavy atom. The molecule has 0 saturated carbocycles. The Balaban J connectivity index is 1.65. The van der Waals surface area contributed by atoms with Crippen molar-refractivity contribution in [3.63, 3.8) is 0 Å². The van der Waals surface area contributed by atoms with Crippen molar-refractivity contribution >= 4 is 23.4 Å². The zero-order valence-corrected chi connectivity index (χ0v) is 22.3. The Bertz CT molecular complexity index is 1500. The summed E-state index contributed by atoms with van der Waals surface area (Å²) in [6.07, 6.45) is 3.69. The lowest BCUT2D eigenvalue weighted by atomic mass is 10.0. The highest BCUT2D eigenvalue weighted by atomic mass is 19.1. The number of furan rings is 1. The van der Waals surface area contributed by atoms with Crippen LogP contribution >= 0.6 is 0 Å². The second-order valence-electron chi connectivity index (χ2n) is 9.36. The highest BCUT2D eigenvalue weighted by molar-refractivity contribution is 6.04. The number of anilines is 1. The van der Waals surface area contributed by atoms with Crippen molar-refractivity contribution in [2.45, 2.75) is 33.0 Å². The Labute approximate surface area is 232 Å². The van der Waals surface area contributed by atoms with Crippen LogP contribution in [0.2, 0.25) is 0 Å². The van der Waals surface area contributed by atoms with Crippen molar-refractivity contribution < 1.29 is 23.2 Å². The third-order valence-corrected chi connectivity index (χ3v) is 6.21. The standard InChI is InChI=1S/C32H30FN3O4/c1-22-12-14-24(15-13-22)31(32(39)34-20-27-10-6-18-40-27)36(21-25-8-3-4-11-28(25)33)30(38)17-16-29(37)35-26-9-5-7-23(2)19-26/h3-19,31H,20-21H2,1-2H3,(H,34,39)(H,35,37)/b17-16-/t31-/m0/s1. The average molecular weight is 540 g/mol. The first kappa shape index (κ1) is 28.0. The quantitative estimate of drug-likeness (QED) is 0.256. The first-order chi connectivity index (χ1) is 19.3. The zero-order valence-electron chi connectivity index (χ0n) is 22.3. The Kier molecular flexibility index (Phi) is 9.25. The molecule has 204 valence electrons. The summed E-state index contributed by atoms with van der Waals surface area (Å²) < 4.78 is 20.0. The summed E-state index contributed by atoms with van der Waals surface area (Å²) in [5, 5.41) is 5.53. The smallest absolute Gasteiger partial charge is 0.248 e.